The Bertz CT molecular complexity index is 429. The molecule has 21 heavy (non-hydrogen) atoms. The van der Waals surface area contributed by atoms with Crippen LogP contribution in [0.3, 0.4) is 0 Å². The zero-order valence-corrected chi connectivity index (χ0v) is 13.9. The van der Waals surface area contributed by atoms with Gasteiger partial charge in [-0.15, -0.1) is 0 Å². The van der Waals surface area contributed by atoms with Gasteiger partial charge in [0.25, 0.3) is 0 Å². The van der Waals surface area contributed by atoms with Gasteiger partial charge in [-0.3, -0.25) is 4.90 Å². The van der Waals surface area contributed by atoms with Crippen molar-refractivity contribution in [3.63, 3.8) is 0 Å². The molecule has 118 valence electrons. The number of hydrogen-bond donors (Lipinski definition) is 1. The Hall–Kier alpha value is -1.06. The molecule has 1 fully saturated rings. The van der Waals surface area contributed by atoms with Gasteiger partial charge in [-0.25, -0.2) is 0 Å². The van der Waals surface area contributed by atoms with Crippen molar-refractivity contribution in [2.45, 2.75) is 58.7 Å². The molecule has 1 saturated heterocycles. The van der Waals surface area contributed by atoms with Gasteiger partial charge in [0.05, 0.1) is 6.10 Å². The Morgan fingerprint density at radius 3 is 2.48 bits per heavy atom. The van der Waals surface area contributed by atoms with Gasteiger partial charge >= 0.3 is 0 Å². The van der Waals surface area contributed by atoms with Gasteiger partial charge in [0, 0.05) is 25.2 Å². The van der Waals surface area contributed by atoms with Crippen molar-refractivity contribution in [2.75, 3.05) is 13.1 Å². The van der Waals surface area contributed by atoms with E-state index in [0.29, 0.717) is 18.0 Å². The molecule has 1 aliphatic rings. The summed E-state index contributed by atoms with van der Waals surface area (Å²) in [5.74, 6) is 1.58. The van der Waals surface area contributed by atoms with Crippen LogP contribution in [0.2, 0.25) is 0 Å². The fraction of sp³-hybridized carbons (Fsp3) is 0.667. The van der Waals surface area contributed by atoms with E-state index in [2.05, 4.69) is 56.9 Å². The molecule has 0 spiro atoms. The lowest BCUT2D eigenvalue weighted by Gasteiger charge is -2.40. The van der Waals surface area contributed by atoms with E-state index in [-0.39, 0.29) is 6.10 Å². The lowest BCUT2D eigenvalue weighted by molar-refractivity contribution is 0.114. The van der Waals surface area contributed by atoms with E-state index in [4.69, 9.17) is 10.5 Å². The number of ether oxygens (including phenoxy) is 1. The Morgan fingerprint density at radius 1 is 1.24 bits per heavy atom. The van der Waals surface area contributed by atoms with E-state index in [1.165, 1.54) is 12.0 Å². The third kappa shape index (κ3) is 4.21. The van der Waals surface area contributed by atoms with Crippen LogP contribution in [0.4, 0.5) is 0 Å². The van der Waals surface area contributed by atoms with Gasteiger partial charge in [-0.2, -0.15) is 0 Å². The molecule has 2 N–H and O–H groups in total. The normalized spacial score (nSPS) is 25.0. The second-order valence-corrected chi connectivity index (χ2v) is 6.53. The van der Waals surface area contributed by atoms with Crippen molar-refractivity contribution in [2.24, 2.45) is 11.7 Å². The lowest BCUT2D eigenvalue weighted by atomic mass is 9.89. The molecule has 0 amide bonds. The maximum absolute atomic E-state index is 6.21. The minimum absolute atomic E-state index is 0.224. The van der Waals surface area contributed by atoms with Crippen LogP contribution in [-0.2, 0) is 0 Å². The molecular formula is C18H30N2O. The van der Waals surface area contributed by atoms with Gasteiger partial charge in [-0.1, -0.05) is 25.5 Å². The van der Waals surface area contributed by atoms with Gasteiger partial charge in [0.2, 0.25) is 0 Å². The number of nitrogens with zero attached hydrogens (tertiary/aromatic N) is 1. The largest absolute Gasteiger partial charge is 0.491 e. The molecule has 3 atom stereocenters. The van der Waals surface area contributed by atoms with Crippen LogP contribution >= 0.6 is 0 Å². The number of piperidine rings is 1. The molecule has 0 bridgehead atoms. The standard InChI is InChI=1S/C18H30N2O/c1-5-15-12-20(11-10-18(15)19)14(4)16-6-8-17(9-7-16)21-13(2)3/h6-9,13-15,18H,5,10-12,19H2,1-4H3. The number of benzene rings is 1. The van der Waals surface area contributed by atoms with Crippen LogP contribution in [-0.4, -0.2) is 30.1 Å². The number of nitrogens with two attached hydrogens (primary N) is 1. The molecule has 0 radical (unpaired) electrons. The van der Waals surface area contributed by atoms with Gasteiger partial charge in [0.15, 0.2) is 0 Å². The summed E-state index contributed by atoms with van der Waals surface area (Å²) in [5.41, 5.74) is 7.57. The van der Waals surface area contributed by atoms with Crippen molar-refractivity contribution in [1.29, 1.82) is 0 Å². The van der Waals surface area contributed by atoms with Crippen LogP contribution in [0.25, 0.3) is 0 Å². The quantitative estimate of drug-likeness (QED) is 0.900. The fourth-order valence-electron chi connectivity index (χ4n) is 3.17. The zero-order valence-electron chi connectivity index (χ0n) is 13.9. The molecule has 1 heterocycles. The van der Waals surface area contributed by atoms with E-state index >= 15 is 0 Å². The topological polar surface area (TPSA) is 38.5 Å². The maximum Gasteiger partial charge on any atom is 0.119 e. The smallest absolute Gasteiger partial charge is 0.119 e. The third-order valence-electron chi connectivity index (χ3n) is 4.63. The SMILES string of the molecule is CCC1CN(C(C)c2ccc(OC(C)C)cc2)CCC1N. The van der Waals surface area contributed by atoms with Crippen molar-refractivity contribution >= 4 is 0 Å². The minimum Gasteiger partial charge on any atom is -0.491 e. The molecule has 1 aromatic carbocycles. The van der Waals surface area contributed by atoms with Gasteiger partial charge in [0.1, 0.15) is 5.75 Å². The van der Waals surface area contributed by atoms with Crippen molar-refractivity contribution in [1.82, 2.24) is 4.90 Å². The average molecular weight is 290 g/mol. The Balaban J connectivity index is 2.00. The summed E-state index contributed by atoms with van der Waals surface area (Å²) >= 11 is 0. The highest BCUT2D eigenvalue weighted by Crippen LogP contribution is 2.28. The average Bonchev–Trinajstić information content (AvgIpc) is 2.47. The van der Waals surface area contributed by atoms with Crippen molar-refractivity contribution in [3.05, 3.63) is 29.8 Å². The summed E-state index contributed by atoms with van der Waals surface area (Å²) in [6.07, 6.45) is 2.50. The van der Waals surface area contributed by atoms with Crippen molar-refractivity contribution < 1.29 is 4.74 Å². The predicted octanol–water partition coefficient (Wildman–Crippen LogP) is 3.59. The van der Waals surface area contributed by atoms with Crippen LogP contribution in [0, 0.1) is 5.92 Å². The highest BCUT2D eigenvalue weighted by Gasteiger charge is 2.28. The van der Waals surface area contributed by atoms with E-state index in [1.807, 2.05) is 0 Å². The van der Waals surface area contributed by atoms with Crippen LogP contribution < -0.4 is 10.5 Å². The molecule has 2 rings (SSSR count). The molecule has 0 saturated carbocycles. The predicted molar refractivity (Wildman–Crippen MR) is 88.6 cm³/mol. The Morgan fingerprint density at radius 2 is 1.90 bits per heavy atom. The van der Waals surface area contributed by atoms with E-state index in [0.717, 1.165) is 25.3 Å². The first-order valence-corrected chi connectivity index (χ1v) is 8.27. The van der Waals surface area contributed by atoms with Crippen LogP contribution in [0.5, 0.6) is 5.75 Å². The van der Waals surface area contributed by atoms with Crippen molar-refractivity contribution in [3.8, 4) is 5.75 Å². The first kappa shape index (κ1) is 16.3. The summed E-state index contributed by atoms with van der Waals surface area (Å²) in [6.45, 7) is 10.9. The summed E-state index contributed by atoms with van der Waals surface area (Å²) in [7, 11) is 0. The molecule has 3 nitrogen and oxygen atoms in total. The fourth-order valence-corrected chi connectivity index (χ4v) is 3.17. The summed E-state index contributed by atoms with van der Waals surface area (Å²) in [4.78, 5) is 2.57. The molecule has 1 aliphatic heterocycles. The molecular weight excluding hydrogens is 260 g/mol. The highest BCUT2D eigenvalue weighted by molar-refractivity contribution is 5.29. The van der Waals surface area contributed by atoms with Gasteiger partial charge in [-0.05, 0) is 50.8 Å². The summed E-state index contributed by atoms with van der Waals surface area (Å²) in [5, 5.41) is 0. The molecule has 1 aromatic rings. The van der Waals surface area contributed by atoms with Crippen LogP contribution in [0.1, 0.15) is 52.1 Å². The number of likely N-dealkylation sites (tertiary alicyclic amines) is 1. The summed E-state index contributed by atoms with van der Waals surface area (Å²) in [6, 6.07) is 9.37. The maximum atomic E-state index is 6.21. The molecule has 3 unspecified atom stereocenters. The van der Waals surface area contributed by atoms with E-state index in [9.17, 15) is 0 Å². The number of hydrogen-bond acceptors (Lipinski definition) is 3. The van der Waals surface area contributed by atoms with Crippen LogP contribution in [0.15, 0.2) is 24.3 Å². The third-order valence-corrected chi connectivity index (χ3v) is 4.63. The Labute approximate surface area is 129 Å². The lowest BCUT2D eigenvalue weighted by Crippen LogP contribution is -2.47. The monoisotopic (exact) mass is 290 g/mol. The highest BCUT2D eigenvalue weighted by atomic mass is 16.5. The summed E-state index contributed by atoms with van der Waals surface area (Å²) < 4.78 is 5.71. The molecule has 0 aliphatic carbocycles. The van der Waals surface area contributed by atoms with E-state index < -0.39 is 0 Å². The first-order valence-electron chi connectivity index (χ1n) is 8.27. The van der Waals surface area contributed by atoms with E-state index in [1.54, 1.807) is 0 Å². The minimum atomic E-state index is 0.224. The first-order chi connectivity index (χ1) is 10.0. The number of rotatable bonds is 5. The second kappa shape index (κ2) is 7.28. The second-order valence-electron chi connectivity index (χ2n) is 6.53. The Kier molecular flexibility index (Phi) is 5.65. The molecule has 0 aromatic heterocycles. The van der Waals surface area contributed by atoms with Gasteiger partial charge < -0.3 is 10.5 Å². The molecule has 3 heteroatoms. The zero-order chi connectivity index (χ0) is 15.4.